The number of carbonyl (C=O) groups is 1. The van der Waals surface area contributed by atoms with E-state index in [0.29, 0.717) is 0 Å². The number of amides is 1. The van der Waals surface area contributed by atoms with Crippen LogP contribution in [0, 0.1) is 0 Å². The Morgan fingerprint density at radius 3 is 2.82 bits per heavy atom. The number of aryl methyl sites for hydroxylation is 1. The Hall–Kier alpha value is -1.62. The molecule has 17 heavy (non-hydrogen) atoms. The number of carbonyl (C=O) groups excluding carboxylic acids is 1. The van der Waals surface area contributed by atoms with Crippen molar-refractivity contribution in [3.8, 4) is 5.75 Å². The molecule has 0 aliphatic heterocycles. The number of nitrogens with two attached hydrogens (primary N) is 1. The van der Waals surface area contributed by atoms with Gasteiger partial charge in [-0.05, 0) is 18.1 Å². The van der Waals surface area contributed by atoms with Gasteiger partial charge in [-0.3, -0.25) is 4.79 Å². The lowest BCUT2D eigenvalue weighted by Crippen LogP contribution is -2.35. The fraction of sp³-hybridized carbons (Fsp3) is 0.333. The van der Waals surface area contributed by atoms with E-state index in [4.69, 9.17) is 10.5 Å². The van der Waals surface area contributed by atoms with Crippen LogP contribution < -0.4 is 15.8 Å². The highest BCUT2D eigenvalue weighted by atomic mass is 32.1. The molecular weight excluding hydrogens is 236 g/mol. The van der Waals surface area contributed by atoms with Gasteiger partial charge in [0.05, 0.1) is 11.5 Å². The smallest absolute Gasteiger partial charge is 0.258 e. The van der Waals surface area contributed by atoms with Gasteiger partial charge in [-0.15, -0.1) is 0 Å². The first kappa shape index (κ1) is 13.4. The van der Waals surface area contributed by atoms with Gasteiger partial charge in [-0.2, -0.15) is 0 Å². The highest BCUT2D eigenvalue weighted by molar-refractivity contribution is 7.80. The summed E-state index contributed by atoms with van der Waals surface area (Å²) >= 11 is 4.65. The van der Waals surface area contributed by atoms with E-state index in [1.165, 1.54) is 0 Å². The summed E-state index contributed by atoms with van der Waals surface area (Å²) in [4.78, 5) is 11.6. The monoisotopic (exact) mass is 252 g/mol. The van der Waals surface area contributed by atoms with Crippen molar-refractivity contribution in [1.29, 1.82) is 0 Å². The third-order valence-electron chi connectivity index (χ3n) is 2.17. The van der Waals surface area contributed by atoms with Gasteiger partial charge in [0.1, 0.15) is 5.75 Å². The van der Waals surface area contributed by atoms with Gasteiger partial charge in [0.15, 0.2) is 6.61 Å². The van der Waals surface area contributed by atoms with Crippen LogP contribution in [0.3, 0.4) is 0 Å². The first-order chi connectivity index (χ1) is 8.13. The maximum atomic E-state index is 11.4. The third kappa shape index (κ3) is 4.82. The van der Waals surface area contributed by atoms with Crippen LogP contribution in [0.25, 0.3) is 0 Å². The van der Waals surface area contributed by atoms with E-state index in [1.807, 2.05) is 31.2 Å². The predicted molar refractivity (Wildman–Crippen MR) is 71.1 cm³/mol. The quantitative estimate of drug-likeness (QED) is 0.742. The molecule has 0 aliphatic rings. The molecule has 0 fully saturated rings. The summed E-state index contributed by atoms with van der Waals surface area (Å²) in [5, 5.41) is 2.56. The van der Waals surface area contributed by atoms with Gasteiger partial charge >= 0.3 is 0 Å². The fourth-order valence-electron chi connectivity index (χ4n) is 1.32. The zero-order chi connectivity index (χ0) is 12.7. The summed E-state index contributed by atoms with van der Waals surface area (Å²) in [6.07, 6.45) is 0.866. The predicted octanol–water partition coefficient (Wildman–Crippen LogP) is 1.03. The fourth-order valence-corrected chi connectivity index (χ4v) is 1.39. The molecule has 92 valence electrons. The van der Waals surface area contributed by atoms with Crippen LogP contribution in [0.2, 0.25) is 0 Å². The number of ether oxygens (including phenoxy) is 1. The molecule has 1 aromatic carbocycles. The molecule has 0 radical (unpaired) electrons. The zero-order valence-corrected chi connectivity index (χ0v) is 10.5. The second kappa shape index (κ2) is 6.85. The molecule has 1 rings (SSSR count). The van der Waals surface area contributed by atoms with Crippen LogP contribution >= 0.6 is 12.2 Å². The average molecular weight is 252 g/mol. The minimum absolute atomic E-state index is 0.0281. The van der Waals surface area contributed by atoms with Crippen LogP contribution in [0.5, 0.6) is 5.75 Å². The minimum atomic E-state index is -0.233. The van der Waals surface area contributed by atoms with Crippen molar-refractivity contribution in [2.24, 2.45) is 5.73 Å². The number of hydrogen-bond donors (Lipinski definition) is 2. The third-order valence-corrected chi connectivity index (χ3v) is 2.32. The van der Waals surface area contributed by atoms with Crippen LogP contribution in [0.1, 0.15) is 12.5 Å². The van der Waals surface area contributed by atoms with Gasteiger partial charge < -0.3 is 15.8 Å². The number of para-hydroxylation sites is 1. The van der Waals surface area contributed by atoms with Crippen molar-refractivity contribution in [1.82, 2.24) is 5.32 Å². The Kier molecular flexibility index (Phi) is 5.42. The Labute approximate surface area is 106 Å². The zero-order valence-electron chi connectivity index (χ0n) is 9.73. The Morgan fingerprint density at radius 1 is 1.47 bits per heavy atom. The van der Waals surface area contributed by atoms with Crippen LogP contribution in [-0.4, -0.2) is 24.0 Å². The van der Waals surface area contributed by atoms with E-state index < -0.39 is 0 Å². The highest BCUT2D eigenvalue weighted by Crippen LogP contribution is 2.17. The Bertz CT molecular complexity index is 407. The van der Waals surface area contributed by atoms with Crippen molar-refractivity contribution in [2.45, 2.75) is 13.3 Å². The van der Waals surface area contributed by atoms with Gasteiger partial charge in [-0.25, -0.2) is 0 Å². The topological polar surface area (TPSA) is 64.3 Å². The average Bonchev–Trinajstić information content (AvgIpc) is 2.34. The minimum Gasteiger partial charge on any atom is -0.483 e. The molecule has 0 saturated heterocycles. The van der Waals surface area contributed by atoms with Crippen LogP contribution in [0.15, 0.2) is 24.3 Å². The molecule has 0 heterocycles. The van der Waals surface area contributed by atoms with E-state index in [0.717, 1.165) is 17.7 Å². The summed E-state index contributed by atoms with van der Waals surface area (Å²) < 4.78 is 5.43. The molecule has 0 unspecified atom stereocenters. The van der Waals surface area contributed by atoms with Crippen molar-refractivity contribution >= 4 is 23.1 Å². The highest BCUT2D eigenvalue weighted by Gasteiger charge is 2.05. The van der Waals surface area contributed by atoms with Crippen LogP contribution in [0.4, 0.5) is 0 Å². The number of hydrogen-bond acceptors (Lipinski definition) is 3. The Morgan fingerprint density at radius 2 is 2.18 bits per heavy atom. The molecule has 4 nitrogen and oxygen atoms in total. The summed E-state index contributed by atoms with van der Waals surface area (Å²) in [5.41, 5.74) is 6.35. The molecule has 5 heteroatoms. The molecule has 1 aromatic rings. The van der Waals surface area contributed by atoms with Gasteiger partial charge in [-0.1, -0.05) is 37.3 Å². The largest absolute Gasteiger partial charge is 0.483 e. The first-order valence-corrected chi connectivity index (χ1v) is 5.80. The number of rotatable bonds is 6. The van der Waals surface area contributed by atoms with Crippen molar-refractivity contribution < 1.29 is 9.53 Å². The lowest BCUT2D eigenvalue weighted by molar-refractivity contribution is -0.122. The molecule has 0 atom stereocenters. The number of nitrogens with one attached hydrogen (secondary N) is 1. The molecule has 0 bridgehead atoms. The van der Waals surface area contributed by atoms with Crippen molar-refractivity contribution in [3.63, 3.8) is 0 Å². The van der Waals surface area contributed by atoms with E-state index in [2.05, 4.69) is 17.5 Å². The van der Waals surface area contributed by atoms with Gasteiger partial charge in [0.2, 0.25) is 0 Å². The van der Waals surface area contributed by atoms with E-state index in [9.17, 15) is 4.79 Å². The van der Waals surface area contributed by atoms with Crippen molar-refractivity contribution in [3.05, 3.63) is 29.8 Å². The SMILES string of the molecule is CCc1ccccc1OCC(=O)NCC(N)=S. The number of benzene rings is 1. The summed E-state index contributed by atoms with van der Waals surface area (Å²) in [5.74, 6) is 0.504. The van der Waals surface area contributed by atoms with E-state index in [-0.39, 0.29) is 24.0 Å². The molecule has 0 spiro atoms. The summed E-state index contributed by atoms with van der Waals surface area (Å²) in [7, 11) is 0. The van der Waals surface area contributed by atoms with Gasteiger partial charge in [0.25, 0.3) is 5.91 Å². The molecule has 1 amide bonds. The van der Waals surface area contributed by atoms with Crippen LogP contribution in [-0.2, 0) is 11.2 Å². The first-order valence-electron chi connectivity index (χ1n) is 5.39. The molecule has 3 N–H and O–H groups in total. The molecule has 0 aromatic heterocycles. The van der Waals surface area contributed by atoms with E-state index in [1.54, 1.807) is 0 Å². The summed E-state index contributed by atoms with van der Waals surface area (Å²) in [6, 6.07) is 7.64. The van der Waals surface area contributed by atoms with Gasteiger partial charge in [0, 0.05) is 0 Å². The van der Waals surface area contributed by atoms with E-state index >= 15 is 0 Å². The lowest BCUT2D eigenvalue weighted by atomic mass is 10.1. The maximum Gasteiger partial charge on any atom is 0.258 e. The standard InChI is InChI=1S/C12H16N2O2S/c1-2-9-5-3-4-6-10(9)16-8-12(15)14-7-11(13)17/h3-6H,2,7-8H2,1H3,(H2,13,17)(H,14,15). The normalized spacial score (nSPS) is 9.71. The van der Waals surface area contributed by atoms with Crippen molar-refractivity contribution in [2.75, 3.05) is 13.2 Å². The second-order valence-electron chi connectivity index (χ2n) is 3.49. The molecule has 0 saturated carbocycles. The molecular formula is C12H16N2O2S. The second-order valence-corrected chi connectivity index (χ2v) is 4.02. The molecule has 0 aliphatic carbocycles. The maximum absolute atomic E-state index is 11.4. The number of thiocarbonyl (C=S) groups is 1. The lowest BCUT2D eigenvalue weighted by Gasteiger charge is -2.10. The summed E-state index contributed by atoms with van der Waals surface area (Å²) in [6.45, 7) is 2.21. The Balaban J connectivity index is 2.44.